The van der Waals surface area contributed by atoms with Gasteiger partial charge in [0.25, 0.3) is 0 Å². The van der Waals surface area contributed by atoms with E-state index in [2.05, 4.69) is 5.32 Å². The van der Waals surface area contributed by atoms with Crippen LogP contribution in [0.15, 0.2) is 54.6 Å². The third-order valence-corrected chi connectivity index (χ3v) is 3.90. The molecule has 2 unspecified atom stereocenters. The van der Waals surface area contributed by atoms with Gasteiger partial charge in [-0.25, -0.2) is 0 Å². The summed E-state index contributed by atoms with van der Waals surface area (Å²) in [6.07, 6.45) is 0.668. The highest BCUT2D eigenvalue weighted by molar-refractivity contribution is 5.85. The SMILES string of the molecule is CCCC(N)C(=O)NCC(O)c1cccc(OCc2ccccc2)c1.Cl. The monoisotopic (exact) mass is 378 g/mol. The van der Waals surface area contributed by atoms with Gasteiger partial charge in [-0.2, -0.15) is 0 Å². The molecule has 142 valence electrons. The van der Waals surface area contributed by atoms with Gasteiger partial charge in [-0.1, -0.05) is 55.8 Å². The van der Waals surface area contributed by atoms with E-state index in [-0.39, 0.29) is 24.9 Å². The fourth-order valence-electron chi connectivity index (χ4n) is 2.44. The molecular formula is C20H27ClN2O3. The van der Waals surface area contributed by atoms with E-state index < -0.39 is 12.1 Å². The van der Waals surface area contributed by atoms with Crippen molar-refractivity contribution in [3.63, 3.8) is 0 Å². The first-order chi connectivity index (χ1) is 12.1. The van der Waals surface area contributed by atoms with Crippen molar-refractivity contribution in [2.45, 2.75) is 38.5 Å². The minimum absolute atomic E-state index is 0. The number of hydrogen-bond donors (Lipinski definition) is 3. The summed E-state index contributed by atoms with van der Waals surface area (Å²) >= 11 is 0. The summed E-state index contributed by atoms with van der Waals surface area (Å²) in [6, 6.07) is 16.6. The van der Waals surface area contributed by atoms with Crippen molar-refractivity contribution in [2.75, 3.05) is 6.54 Å². The summed E-state index contributed by atoms with van der Waals surface area (Å²) in [7, 11) is 0. The fourth-order valence-corrected chi connectivity index (χ4v) is 2.44. The van der Waals surface area contributed by atoms with Crippen molar-refractivity contribution in [2.24, 2.45) is 5.73 Å². The summed E-state index contributed by atoms with van der Waals surface area (Å²) < 4.78 is 5.76. The molecule has 26 heavy (non-hydrogen) atoms. The first-order valence-corrected chi connectivity index (χ1v) is 8.58. The van der Waals surface area contributed by atoms with Crippen molar-refractivity contribution in [3.8, 4) is 5.75 Å². The maximum absolute atomic E-state index is 11.8. The van der Waals surface area contributed by atoms with Gasteiger partial charge in [0.05, 0.1) is 12.1 Å². The summed E-state index contributed by atoms with van der Waals surface area (Å²) in [4.78, 5) is 11.8. The number of rotatable bonds is 9. The predicted molar refractivity (Wildman–Crippen MR) is 105 cm³/mol. The molecule has 6 heteroatoms. The van der Waals surface area contributed by atoms with E-state index in [4.69, 9.17) is 10.5 Å². The second-order valence-corrected chi connectivity index (χ2v) is 6.00. The number of hydrogen-bond acceptors (Lipinski definition) is 4. The highest BCUT2D eigenvalue weighted by Gasteiger charge is 2.15. The van der Waals surface area contributed by atoms with Gasteiger partial charge in [-0.05, 0) is 29.7 Å². The van der Waals surface area contributed by atoms with Crippen LogP contribution in [0.5, 0.6) is 5.75 Å². The molecule has 5 nitrogen and oxygen atoms in total. The zero-order valence-corrected chi connectivity index (χ0v) is 15.7. The normalized spacial score (nSPS) is 12.6. The Bertz CT molecular complexity index is 667. The minimum Gasteiger partial charge on any atom is -0.489 e. The van der Waals surface area contributed by atoms with Crippen LogP contribution in [0, 0.1) is 0 Å². The number of nitrogens with one attached hydrogen (secondary N) is 1. The van der Waals surface area contributed by atoms with E-state index >= 15 is 0 Å². The van der Waals surface area contributed by atoms with Crippen LogP contribution >= 0.6 is 12.4 Å². The molecule has 0 aliphatic rings. The molecule has 0 aromatic heterocycles. The standard InChI is InChI=1S/C20H26N2O3.ClH/c1-2-7-18(21)20(24)22-13-19(23)16-10-6-11-17(12-16)25-14-15-8-4-3-5-9-15;/h3-6,8-12,18-19,23H,2,7,13-14,21H2,1H3,(H,22,24);1H. The average molecular weight is 379 g/mol. The second-order valence-electron chi connectivity index (χ2n) is 6.00. The number of benzene rings is 2. The van der Waals surface area contributed by atoms with E-state index in [0.717, 1.165) is 12.0 Å². The highest BCUT2D eigenvalue weighted by atomic mass is 35.5. The molecule has 4 N–H and O–H groups in total. The molecule has 0 bridgehead atoms. The third-order valence-electron chi connectivity index (χ3n) is 3.90. The Morgan fingerprint density at radius 2 is 1.92 bits per heavy atom. The molecule has 0 aliphatic heterocycles. The van der Waals surface area contributed by atoms with Crippen molar-refractivity contribution in [3.05, 3.63) is 65.7 Å². The molecule has 0 saturated carbocycles. The molecule has 1 amide bonds. The lowest BCUT2D eigenvalue weighted by molar-refractivity contribution is -0.123. The molecule has 0 heterocycles. The van der Waals surface area contributed by atoms with Crippen molar-refractivity contribution in [1.29, 1.82) is 0 Å². The van der Waals surface area contributed by atoms with E-state index in [9.17, 15) is 9.90 Å². The van der Waals surface area contributed by atoms with Gasteiger partial charge in [0.1, 0.15) is 12.4 Å². The first-order valence-electron chi connectivity index (χ1n) is 8.58. The number of aliphatic hydroxyl groups is 1. The maximum Gasteiger partial charge on any atom is 0.237 e. The van der Waals surface area contributed by atoms with Gasteiger partial charge in [-0.3, -0.25) is 4.79 Å². The van der Waals surface area contributed by atoms with Crippen molar-refractivity contribution in [1.82, 2.24) is 5.32 Å². The van der Waals surface area contributed by atoms with Crippen molar-refractivity contribution < 1.29 is 14.6 Å². The van der Waals surface area contributed by atoms with Gasteiger partial charge in [-0.15, -0.1) is 12.4 Å². The average Bonchev–Trinajstić information content (AvgIpc) is 2.65. The van der Waals surface area contributed by atoms with Crippen LogP contribution in [0.4, 0.5) is 0 Å². The number of amides is 1. The number of nitrogens with two attached hydrogens (primary N) is 1. The molecule has 2 atom stereocenters. The zero-order valence-electron chi connectivity index (χ0n) is 14.9. The summed E-state index contributed by atoms with van der Waals surface area (Å²) in [6.45, 7) is 2.56. The smallest absolute Gasteiger partial charge is 0.237 e. The highest BCUT2D eigenvalue weighted by Crippen LogP contribution is 2.20. The van der Waals surface area contributed by atoms with Gasteiger partial charge in [0.15, 0.2) is 0 Å². The first kappa shape index (κ1) is 22.0. The minimum atomic E-state index is -0.807. The fraction of sp³-hybridized carbons (Fsp3) is 0.350. The van der Waals surface area contributed by atoms with Gasteiger partial charge in [0.2, 0.25) is 5.91 Å². The molecule has 0 radical (unpaired) electrons. The van der Waals surface area contributed by atoms with Gasteiger partial charge in [0, 0.05) is 6.54 Å². The molecule has 0 aliphatic carbocycles. The molecule has 0 spiro atoms. The Morgan fingerprint density at radius 3 is 2.62 bits per heavy atom. The van der Waals surface area contributed by atoms with Crippen LogP contribution < -0.4 is 15.8 Å². The molecule has 2 rings (SSSR count). The van der Waals surface area contributed by atoms with E-state index in [1.807, 2.05) is 49.4 Å². The van der Waals surface area contributed by atoms with Crippen LogP contribution in [-0.4, -0.2) is 23.6 Å². The molecule has 0 saturated heterocycles. The lowest BCUT2D eigenvalue weighted by Crippen LogP contribution is -2.42. The Balaban J connectivity index is 0.00000338. The molecule has 2 aromatic rings. The van der Waals surface area contributed by atoms with E-state index in [1.165, 1.54) is 0 Å². The molecule has 2 aromatic carbocycles. The number of ether oxygens (including phenoxy) is 1. The van der Waals surface area contributed by atoms with Gasteiger partial charge < -0.3 is 20.9 Å². The Kier molecular flexibility index (Phi) is 9.73. The van der Waals surface area contributed by atoms with Crippen LogP contribution in [0.1, 0.15) is 37.0 Å². The predicted octanol–water partition coefficient (Wildman–Crippen LogP) is 2.96. The number of carbonyl (C=O) groups is 1. The quantitative estimate of drug-likeness (QED) is 0.626. The van der Waals surface area contributed by atoms with Crippen LogP contribution in [0.2, 0.25) is 0 Å². The third kappa shape index (κ3) is 7.04. The van der Waals surface area contributed by atoms with Crippen molar-refractivity contribution >= 4 is 18.3 Å². The molecular weight excluding hydrogens is 352 g/mol. The summed E-state index contributed by atoms with van der Waals surface area (Å²) in [5, 5.41) is 13.0. The number of aliphatic hydroxyl groups excluding tert-OH is 1. The maximum atomic E-state index is 11.8. The van der Waals surface area contributed by atoms with E-state index in [1.54, 1.807) is 12.1 Å². The Labute approximate surface area is 161 Å². The Hall–Kier alpha value is -2.08. The Morgan fingerprint density at radius 1 is 1.19 bits per heavy atom. The largest absolute Gasteiger partial charge is 0.489 e. The van der Waals surface area contributed by atoms with Crippen LogP contribution in [-0.2, 0) is 11.4 Å². The van der Waals surface area contributed by atoms with E-state index in [0.29, 0.717) is 24.3 Å². The van der Waals surface area contributed by atoms with Crippen LogP contribution in [0.3, 0.4) is 0 Å². The van der Waals surface area contributed by atoms with Crippen LogP contribution in [0.25, 0.3) is 0 Å². The number of halogens is 1. The summed E-state index contributed by atoms with van der Waals surface area (Å²) in [5.41, 5.74) is 7.52. The topological polar surface area (TPSA) is 84.6 Å². The molecule has 0 fully saturated rings. The number of carbonyl (C=O) groups excluding carboxylic acids is 1. The second kappa shape index (κ2) is 11.5. The lowest BCUT2D eigenvalue weighted by atomic mass is 10.1. The lowest BCUT2D eigenvalue weighted by Gasteiger charge is -2.16. The summed E-state index contributed by atoms with van der Waals surface area (Å²) in [5.74, 6) is 0.437. The van der Waals surface area contributed by atoms with Gasteiger partial charge >= 0.3 is 0 Å². The zero-order chi connectivity index (χ0) is 18.1.